The Morgan fingerprint density at radius 3 is 2.69 bits per heavy atom. The molecule has 0 saturated carbocycles. The van der Waals surface area contributed by atoms with Gasteiger partial charge in [-0.15, -0.1) is 5.10 Å². The summed E-state index contributed by atoms with van der Waals surface area (Å²) in [5.74, 6) is 0. The van der Waals surface area contributed by atoms with Crippen molar-refractivity contribution in [2.45, 2.75) is 19.4 Å². The third-order valence-corrected chi connectivity index (χ3v) is 2.46. The van der Waals surface area contributed by atoms with Crippen molar-refractivity contribution in [2.24, 2.45) is 5.73 Å². The minimum Gasteiger partial charge on any atom is -0.330 e. The summed E-state index contributed by atoms with van der Waals surface area (Å²) < 4.78 is 1.87. The second-order valence-electron chi connectivity index (χ2n) is 3.75. The summed E-state index contributed by atoms with van der Waals surface area (Å²) in [5, 5.41) is 8.11. The second-order valence-corrected chi connectivity index (χ2v) is 3.75. The van der Waals surface area contributed by atoms with Gasteiger partial charge >= 0.3 is 0 Å². The van der Waals surface area contributed by atoms with Crippen LogP contribution in [0.5, 0.6) is 0 Å². The average molecular weight is 216 g/mol. The number of nitrogens with zero attached hydrogens (tertiary/aromatic N) is 3. The number of benzene rings is 1. The van der Waals surface area contributed by atoms with Crippen LogP contribution in [0, 0.1) is 0 Å². The summed E-state index contributed by atoms with van der Waals surface area (Å²) in [6, 6.07) is 10.4. The first-order valence-electron chi connectivity index (χ1n) is 5.51. The van der Waals surface area contributed by atoms with Gasteiger partial charge in [0.15, 0.2) is 0 Å². The van der Waals surface area contributed by atoms with E-state index in [0.717, 1.165) is 25.1 Å². The van der Waals surface area contributed by atoms with Gasteiger partial charge in [-0.1, -0.05) is 35.5 Å². The lowest BCUT2D eigenvalue weighted by Gasteiger charge is -2.00. The number of hydrogen-bond acceptors (Lipinski definition) is 3. The molecule has 2 rings (SSSR count). The predicted molar refractivity (Wildman–Crippen MR) is 62.9 cm³/mol. The summed E-state index contributed by atoms with van der Waals surface area (Å²) in [6.45, 7) is 1.49. The highest BCUT2D eigenvalue weighted by atomic mass is 15.4. The van der Waals surface area contributed by atoms with E-state index in [1.165, 1.54) is 5.56 Å². The zero-order valence-corrected chi connectivity index (χ0v) is 9.21. The van der Waals surface area contributed by atoms with Gasteiger partial charge in [-0.2, -0.15) is 0 Å². The third kappa shape index (κ3) is 2.90. The minimum absolute atomic E-state index is 0.622. The molecule has 0 fully saturated rings. The molecule has 2 aromatic rings. The molecule has 0 saturated heterocycles. The quantitative estimate of drug-likeness (QED) is 0.812. The van der Waals surface area contributed by atoms with Crippen LogP contribution in [0.4, 0.5) is 0 Å². The highest BCUT2D eigenvalue weighted by Crippen LogP contribution is 2.01. The van der Waals surface area contributed by atoms with Gasteiger partial charge in [-0.3, -0.25) is 4.68 Å². The van der Waals surface area contributed by atoms with Crippen LogP contribution < -0.4 is 5.73 Å². The minimum atomic E-state index is 0.622. The SMILES string of the molecule is NCCc1cn(CCc2ccccc2)nn1. The van der Waals surface area contributed by atoms with Crippen molar-refractivity contribution < 1.29 is 0 Å². The maximum atomic E-state index is 5.46. The standard InChI is InChI=1S/C12H16N4/c13-8-6-12-10-16(15-14-12)9-7-11-4-2-1-3-5-11/h1-5,10H,6-9,13H2. The molecule has 4 heteroatoms. The molecule has 1 aromatic heterocycles. The zero-order valence-electron chi connectivity index (χ0n) is 9.21. The number of aromatic nitrogens is 3. The molecule has 0 aliphatic heterocycles. The topological polar surface area (TPSA) is 56.7 Å². The lowest BCUT2D eigenvalue weighted by Crippen LogP contribution is -2.03. The zero-order chi connectivity index (χ0) is 11.2. The molecule has 0 aliphatic rings. The van der Waals surface area contributed by atoms with Crippen molar-refractivity contribution in [1.29, 1.82) is 0 Å². The van der Waals surface area contributed by atoms with Gasteiger partial charge in [-0.25, -0.2) is 0 Å². The Bertz CT molecular complexity index is 422. The van der Waals surface area contributed by atoms with E-state index < -0.39 is 0 Å². The first-order valence-corrected chi connectivity index (χ1v) is 5.51. The maximum absolute atomic E-state index is 5.46. The fourth-order valence-corrected chi connectivity index (χ4v) is 1.60. The number of aryl methyl sites for hydroxylation is 2. The maximum Gasteiger partial charge on any atom is 0.0839 e. The molecule has 4 nitrogen and oxygen atoms in total. The Morgan fingerprint density at radius 1 is 1.12 bits per heavy atom. The highest BCUT2D eigenvalue weighted by Gasteiger charge is 1.99. The monoisotopic (exact) mass is 216 g/mol. The van der Waals surface area contributed by atoms with Crippen LogP contribution in [0.3, 0.4) is 0 Å². The van der Waals surface area contributed by atoms with E-state index in [2.05, 4.69) is 34.6 Å². The average Bonchev–Trinajstić information content (AvgIpc) is 2.76. The lowest BCUT2D eigenvalue weighted by atomic mass is 10.1. The van der Waals surface area contributed by atoms with Gasteiger partial charge in [0.25, 0.3) is 0 Å². The highest BCUT2D eigenvalue weighted by molar-refractivity contribution is 5.14. The Hall–Kier alpha value is -1.68. The summed E-state index contributed by atoms with van der Waals surface area (Å²) in [7, 11) is 0. The molecule has 0 unspecified atom stereocenters. The van der Waals surface area contributed by atoms with Crippen molar-refractivity contribution >= 4 is 0 Å². The van der Waals surface area contributed by atoms with Gasteiger partial charge in [0.1, 0.15) is 0 Å². The Balaban J connectivity index is 1.89. The van der Waals surface area contributed by atoms with Crippen molar-refractivity contribution in [2.75, 3.05) is 6.54 Å². The number of rotatable bonds is 5. The molecule has 0 amide bonds. The van der Waals surface area contributed by atoms with Crippen LogP contribution in [0.25, 0.3) is 0 Å². The molecule has 0 atom stereocenters. The van der Waals surface area contributed by atoms with E-state index in [4.69, 9.17) is 5.73 Å². The summed E-state index contributed by atoms with van der Waals surface area (Å²) in [5.41, 5.74) is 7.74. The van der Waals surface area contributed by atoms with Crippen LogP contribution in [-0.4, -0.2) is 21.5 Å². The summed E-state index contributed by atoms with van der Waals surface area (Å²) in [4.78, 5) is 0. The van der Waals surface area contributed by atoms with Crippen molar-refractivity contribution in [1.82, 2.24) is 15.0 Å². The number of hydrogen-bond donors (Lipinski definition) is 1. The van der Waals surface area contributed by atoms with E-state index >= 15 is 0 Å². The number of nitrogens with two attached hydrogens (primary N) is 1. The van der Waals surface area contributed by atoms with Crippen LogP contribution in [0.2, 0.25) is 0 Å². The molecule has 2 N–H and O–H groups in total. The molecular formula is C12H16N4. The molecule has 0 aliphatic carbocycles. The van der Waals surface area contributed by atoms with Crippen molar-refractivity contribution in [3.05, 3.63) is 47.8 Å². The van der Waals surface area contributed by atoms with E-state index in [1.807, 2.05) is 16.9 Å². The van der Waals surface area contributed by atoms with Gasteiger partial charge in [0.05, 0.1) is 5.69 Å². The van der Waals surface area contributed by atoms with E-state index in [-0.39, 0.29) is 0 Å². The van der Waals surface area contributed by atoms with Crippen molar-refractivity contribution in [3.8, 4) is 0 Å². The largest absolute Gasteiger partial charge is 0.330 e. The molecular weight excluding hydrogens is 200 g/mol. The fraction of sp³-hybridized carbons (Fsp3) is 0.333. The molecule has 1 aromatic carbocycles. The lowest BCUT2D eigenvalue weighted by molar-refractivity contribution is 0.589. The first-order chi connectivity index (χ1) is 7.88. The molecule has 0 radical (unpaired) electrons. The molecule has 0 bridgehead atoms. The van der Waals surface area contributed by atoms with Crippen molar-refractivity contribution in [3.63, 3.8) is 0 Å². The second kappa shape index (κ2) is 5.42. The molecule has 84 valence electrons. The van der Waals surface area contributed by atoms with Gasteiger partial charge < -0.3 is 5.73 Å². The van der Waals surface area contributed by atoms with Crippen LogP contribution in [-0.2, 0) is 19.4 Å². The van der Waals surface area contributed by atoms with Gasteiger partial charge in [-0.05, 0) is 18.5 Å². The van der Waals surface area contributed by atoms with Crippen LogP contribution in [0.15, 0.2) is 36.5 Å². The van der Waals surface area contributed by atoms with Gasteiger partial charge in [0, 0.05) is 19.2 Å². The summed E-state index contributed by atoms with van der Waals surface area (Å²) in [6.07, 6.45) is 3.74. The molecule has 1 heterocycles. The Morgan fingerprint density at radius 2 is 1.94 bits per heavy atom. The van der Waals surface area contributed by atoms with E-state index in [0.29, 0.717) is 6.54 Å². The third-order valence-electron chi connectivity index (χ3n) is 2.46. The predicted octanol–water partition coefficient (Wildman–Crippen LogP) is 1.02. The smallest absolute Gasteiger partial charge is 0.0839 e. The van der Waals surface area contributed by atoms with Crippen LogP contribution >= 0.6 is 0 Å². The normalized spacial score (nSPS) is 10.6. The van der Waals surface area contributed by atoms with E-state index in [1.54, 1.807) is 0 Å². The first kappa shape index (κ1) is 10.8. The molecule has 0 spiro atoms. The Kier molecular flexibility index (Phi) is 3.66. The van der Waals surface area contributed by atoms with E-state index in [9.17, 15) is 0 Å². The molecule has 16 heavy (non-hydrogen) atoms. The van der Waals surface area contributed by atoms with Crippen LogP contribution in [0.1, 0.15) is 11.3 Å². The summed E-state index contributed by atoms with van der Waals surface area (Å²) >= 11 is 0. The Labute approximate surface area is 95.1 Å². The fourth-order valence-electron chi connectivity index (χ4n) is 1.60. The van der Waals surface area contributed by atoms with Gasteiger partial charge in [0.2, 0.25) is 0 Å².